The summed E-state index contributed by atoms with van der Waals surface area (Å²) < 4.78 is 26.2. The van der Waals surface area contributed by atoms with Crippen molar-refractivity contribution >= 4 is 20.8 Å². The summed E-state index contributed by atoms with van der Waals surface area (Å²) in [5.74, 6) is 2.96. The molecule has 38 heavy (non-hydrogen) atoms. The van der Waals surface area contributed by atoms with E-state index in [1.165, 1.54) is 11.1 Å². The van der Waals surface area contributed by atoms with Crippen LogP contribution in [0.5, 0.6) is 0 Å². The number of allylic oxidation sites excluding steroid dienone is 1. The lowest BCUT2D eigenvalue weighted by Gasteiger charge is -2.48. The average molecular weight is 535 g/mol. The standard InChI is InChI=1S/C29H32FN4O3P/c1-17-15-31-27(36-17)28-9-7-21(22(12-28)13-28)16-34(26(35)20-8-10-29(30,38)14-20)23-4-2-3-19(11-23)25-32-24(33-37-25)18-5-6-18/h2-4,11,15,18,20H,5-10,12-14,16,38H2,1H3. The zero-order chi connectivity index (χ0) is 26.1. The summed E-state index contributed by atoms with van der Waals surface area (Å²) in [6.07, 6.45) is 8.90. The van der Waals surface area contributed by atoms with E-state index in [2.05, 4.69) is 24.4 Å². The molecule has 9 heteroatoms. The Balaban J connectivity index is 1.18. The van der Waals surface area contributed by atoms with Gasteiger partial charge in [-0.05, 0) is 82.9 Å². The van der Waals surface area contributed by atoms with E-state index in [0.717, 1.165) is 67.3 Å². The zero-order valence-corrected chi connectivity index (χ0v) is 22.7. The molecule has 8 rings (SSSR count). The average Bonchev–Trinajstić information content (AvgIpc) is 3.27. The van der Waals surface area contributed by atoms with Crippen molar-refractivity contribution in [2.24, 2.45) is 5.92 Å². The van der Waals surface area contributed by atoms with Crippen molar-refractivity contribution in [3.05, 3.63) is 59.1 Å². The van der Waals surface area contributed by atoms with Gasteiger partial charge in [0.15, 0.2) is 5.82 Å². The molecule has 1 amide bonds. The van der Waals surface area contributed by atoms with E-state index in [-0.39, 0.29) is 23.7 Å². The summed E-state index contributed by atoms with van der Waals surface area (Å²) >= 11 is 0. The second-order valence-electron chi connectivity index (χ2n) is 11.8. The molecule has 1 aromatic carbocycles. The highest BCUT2D eigenvalue weighted by Gasteiger charge is 2.50. The van der Waals surface area contributed by atoms with Crippen LogP contribution in [0.4, 0.5) is 10.1 Å². The Morgan fingerprint density at radius 2 is 2.08 bits per heavy atom. The lowest BCUT2D eigenvalue weighted by Crippen LogP contribution is -2.44. The van der Waals surface area contributed by atoms with E-state index >= 15 is 0 Å². The molecule has 198 valence electrons. The number of fused-ring (bicyclic) bond motifs is 2. The van der Waals surface area contributed by atoms with E-state index in [0.29, 0.717) is 31.2 Å². The molecule has 5 aliphatic carbocycles. The first-order valence-electron chi connectivity index (χ1n) is 13.6. The van der Waals surface area contributed by atoms with Gasteiger partial charge >= 0.3 is 0 Å². The number of alkyl halides is 1. The van der Waals surface area contributed by atoms with Crippen molar-refractivity contribution in [3.63, 3.8) is 0 Å². The van der Waals surface area contributed by atoms with Crippen molar-refractivity contribution in [2.45, 2.75) is 81.5 Å². The number of aryl methyl sites for hydroxylation is 1. The lowest BCUT2D eigenvalue weighted by atomic mass is 9.57. The molecule has 2 aromatic heterocycles. The summed E-state index contributed by atoms with van der Waals surface area (Å²) in [5.41, 5.74) is 4.27. The maximum absolute atomic E-state index is 14.7. The Bertz CT molecular complexity index is 1430. The van der Waals surface area contributed by atoms with Crippen LogP contribution in [0.15, 0.2) is 50.5 Å². The minimum Gasteiger partial charge on any atom is -0.445 e. The summed E-state index contributed by atoms with van der Waals surface area (Å²) in [7, 11) is 2.31. The summed E-state index contributed by atoms with van der Waals surface area (Å²) in [5, 5.41) is 2.78. The summed E-state index contributed by atoms with van der Waals surface area (Å²) in [6, 6.07) is 7.76. The first-order valence-corrected chi connectivity index (χ1v) is 14.2. The van der Waals surface area contributed by atoms with Gasteiger partial charge in [-0.3, -0.25) is 4.79 Å². The fraction of sp³-hybridized carbons (Fsp3) is 0.517. The molecule has 5 aliphatic rings. The van der Waals surface area contributed by atoms with Crippen LogP contribution in [-0.2, 0) is 10.2 Å². The molecule has 0 N–H and O–H groups in total. The molecule has 2 heterocycles. The number of nitrogens with zero attached hydrogens (tertiary/aromatic N) is 4. The summed E-state index contributed by atoms with van der Waals surface area (Å²) in [6.45, 7) is 2.45. The monoisotopic (exact) mass is 534 g/mol. The number of benzene rings is 1. The van der Waals surface area contributed by atoms with Crippen LogP contribution in [0.2, 0.25) is 0 Å². The number of hydrogen-bond acceptors (Lipinski definition) is 6. The summed E-state index contributed by atoms with van der Waals surface area (Å²) in [4.78, 5) is 24.9. The van der Waals surface area contributed by atoms with E-state index in [1.807, 2.05) is 36.1 Å². The van der Waals surface area contributed by atoms with Gasteiger partial charge in [-0.2, -0.15) is 4.98 Å². The van der Waals surface area contributed by atoms with Crippen LogP contribution in [0.3, 0.4) is 0 Å². The van der Waals surface area contributed by atoms with Gasteiger partial charge in [0.05, 0.1) is 11.6 Å². The highest BCUT2D eigenvalue weighted by atomic mass is 31.0. The molecule has 3 aromatic rings. The molecular weight excluding hydrogens is 502 g/mol. The van der Waals surface area contributed by atoms with Crippen LogP contribution in [0, 0.1) is 12.8 Å². The predicted octanol–water partition coefficient (Wildman–Crippen LogP) is 6.41. The number of oxazole rings is 1. The molecule has 0 spiro atoms. The second-order valence-corrected chi connectivity index (χ2v) is 12.8. The van der Waals surface area contributed by atoms with E-state index in [1.54, 1.807) is 6.20 Å². The van der Waals surface area contributed by atoms with Crippen molar-refractivity contribution in [1.82, 2.24) is 15.1 Å². The number of rotatable bonds is 7. The minimum absolute atomic E-state index is 0.00220. The first-order chi connectivity index (χ1) is 18.3. The number of amides is 1. The molecule has 2 bridgehead atoms. The SMILES string of the molecule is Cc1cnc(C23CCC(CN(C(=O)C4CCC(F)(P)C4)c4cccc(-c5nc(C6CC6)no5)c4)=C(C2)C3)o1. The second kappa shape index (κ2) is 8.84. The Labute approximate surface area is 223 Å². The smallest absolute Gasteiger partial charge is 0.258 e. The Kier molecular flexibility index (Phi) is 5.63. The largest absolute Gasteiger partial charge is 0.445 e. The van der Waals surface area contributed by atoms with Gasteiger partial charge in [-0.1, -0.05) is 31.6 Å². The number of anilines is 1. The first kappa shape index (κ1) is 24.2. The molecule has 0 aliphatic heterocycles. The van der Waals surface area contributed by atoms with Crippen LogP contribution in [0.1, 0.15) is 81.2 Å². The van der Waals surface area contributed by atoms with Gasteiger partial charge in [-0.15, -0.1) is 0 Å². The lowest BCUT2D eigenvalue weighted by molar-refractivity contribution is -0.122. The van der Waals surface area contributed by atoms with Crippen LogP contribution < -0.4 is 4.90 Å². The number of carbonyl (C=O) groups is 1. The molecule has 0 radical (unpaired) electrons. The number of carbonyl (C=O) groups excluding carboxylic acids is 1. The third-order valence-electron chi connectivity index (χ3n) is 8.83. The molecule has 3 saturated carbocycles. The fourth-order valence-electron chi connectivity index (χ4n) is 6.42. The van der Waals surface area contributed by atoms with Gasteiger partial charge in [0.2, 0.25) is 11.8 Å². The van der Waals surface area contributed by atoms with Crippen LogP contribution in [-0.4, -0.2) is 33.0 Å². The van der Waals surface area contributed by atoms with Crippen LogP contribution >= 0.6 is 9.24 Å². The normalized spacial score (nSPS) is 25.9. The van der Waals surface area contributed by atoms with Crippen molar-refractivity contribution in [2.75, 3.05) is 11.4 Å². The van der Waals surface area contributed by atoms with Crippen molar-refractivity contribution in [3.8, 4) is 11.5 Å². The van der Waals surface area contributed by atoms with Gasteiger partial charge in [0.1, 0.15) is 11.2 Å². The van der Waals surface area contributed by atoms with Gasteiger partial charge < -0.3 is 13.8 Å². The topological polar surface area (TPSA) is 85.3 Å². The third kappa shape index (κ3) is 4.31. The quantitative estimate of drug-likeness (QED) is 0.257. The van der Waals surface area contributed by atoms with E-state index in [4.69, 9.17) is 8.94 Å². The molecule has 3 unspecified atom stereocenters. The number of halogens is 1. The highest BCUT2D eigenvalue weighted by Crippen LogP contribution is 2.56. The Hall–Kier alpha value is -2.86. The zero-order valence-electron chi connectivity index (χ0n) is 21.6. The van der Waals surface area contributed by atoms with Crippen LogP contribution in [0.25, 0.3) is 11.5 Å². The van der Waals surface area contributed by atoms with E-state index in [9.17, 15) is 9.18 Å². The van der Waals surface area contributed by atoms with Crippen molar-refractivity contribution in [1.29, 1.82) is 0 Å². The van der Waals surface area contributed by atoms with Gasteiger partial charge in [0, 0.05) is 29.6 Å². The van der Waals surface area contributed by atoms with E-state index < -0.39 is 5.41 Å². The number of aromatic nitrogens is 3. The number of hydrogen-bond donors (Lipinski definition) is 0. The molecular formula is C29H32FN4O3P. The molecule has 0 saturated heterocycles. The molecule has 3 atom stereocenters. The molecule has 7 nitrogen and oxygen atoms in total. The highest BCUT2D eigenvalue weighted by molar-refractivity contribution is 7.18. The van der Waals surface area contributed by atoms with Gasteiger partial charge in [-0.25, -0.2) is 9.37 Å². The molecule has 3 fully saturated rings. The fourth-order valence-corrected chi connectivity index (χ4v) is 6.87. The Morgan fingerprint density at radius 3 is 2.74 bits per heavy atom. The minimum atomic E-state index is -1.37. The Morgan fingerprint density at radius 1 is 1.24 bits per heavy atom. The van der Waals surface area contributed by atoms with Crippen molar-refractivity contribution < 1.29 is 18.1 Å². The maximum atomic E-state index is 14.7. The van der Waals surface area contributed by atoms with Gasteiger partial charge in [0.25, 0.3) is 5.89 Å². The maximum Gasteiger partial charge on any atom is 0.258 e. The third-order valence-corrected chi connectivity index (χ3v) is 9.36. The predicted molar refractivity (Wildman–Crippen MR) is 143 cm³/mol.